The maximum atomic E-state index is 11.4. The second-order valence-electron chi connectivity index (χ2n) is 4.52. The first-order valence-corrected chi connectivity index (χ1v) is 6.47. The fourth-order valence-corrected chi connectivity index (χ4v) is 2.18. The van der Waals surface area contributed by atoms with Gasteiger partial charge in [-0.2, -0.15) is 0 Å². The van der Waals surface area contributed by atoms with Gasteiger partial charge < -0.3 is 15.8 Å². The van der Waals surface area contributed by atoms with E-state index in [2.05, 4.69) is 17.1 Å². The summed E-state index contributed by atoms with van der Waals surface area (Å²) in [5, 5.41) is 2.66. The van der Waals surface area contributed by atoms with Crippen LogP contribution in [0, 0.1) is 0 Å². The van der Waals surface area contributed by atoms with E-state index in [4.69, 9.17) is 10.5 Å². The highest BCUT2D eigenvalue weighted by Gasteiger charge is 2.24. The van der Waals surface area contributed by atoms with Gasteiger partial charge in [-0.15, -0.1) is 0 Å². The first kappa shape index (κ1) is 14.4. The zero-order valence-corrected chi connectivity index (χ0v) is 10.9. The molecule has 1 amide bonds. The Balaban J connectivity index is 2.55. The third-order valence-corrected chi connectivity index (χ3v) is 3.33. The van der Waals surface area contributed by atoms with Crippen molar-refractivity contribution in [3.8, 4) is 0 Å². The standard InChI is InChI=1S/C12H25N3O2/c1-3-11-9-15(5-4-6-17-11)10(8-13)7-12(16)14-2/h10-11H,3-9,13H2,1-2H3,(H,14,16). The van der Waals surface area contributed by atoms with Gasteiger partial charge in [0.25, 0.3) is 0 Å². The highest BCUT2D eigenvalue weighted by atomic mass is 16.5. The number of hydrogen-bond acceptors (Lipinski definition) is 4. The molecule has 0 bridgehead atoms. The minimum atomic E-state index is 0.0543. The molecule has 2 atom stereocenters. The average molecular weight is 243 g/mol. The molecule has 0 radical (unpaired) electrons. The molecule has 1 heterocycles. The van der Waals surface area contributed by atoms with Gasteiger partial charge >= 0.3 is 0 Å². The first-order chi connectivity index (χ1) is 8.21. The van der Waals surface area contributed by atoms with Gasteiger partial charge in [-0.1, -0.05) is 6.92 Å². The molecule has 1 fully saturated rings. The fraction of sp³-hybridized carbons (Fsp3) is 0.917. The summed E-state index contributed by atoms with van der Waals surface area (Å²) in [5.41, 5.74) is 5.78. The van der Waals surface area contributed by atoms with E-state index in [1.165, 1.54) is 0 Å². The maximum Gasteiger partial charge on any atom is 0.221 e. The van der Waals surface area contributed by atoms with Crippen molar-refractivity contribution in [3.05, 3.63) is 0 Å². The number of nitrogens with zero attached hydrogens (tertiary/aromatic N) is 1. The second-order valence-corrected chi connectivity index (χ2v) is 4.52. The van der Waals surface area contributed by atoms with Crippen molar-refractivity contribution in [3.63, 3.8) is 0 Å². The van der Waals surface area contributed by atoms with E-state index in [0.717, 1.165) is 32.5 Å². The van der Waals surface area contributed by atoms with Gasteiger partial charge in [-0.05, 0) is 12.8 Å². The van der Waals surface area contributed by atoms with Crippen molar-refractivity contribution in [2.45, 2.75) is 38.3 Å². The molecule has 0 spiro atoms. The van der Waals surface area contributed by atoms with E-state index in [0.29, 0.717) is 13.0 Å². The van der Waals surface area contributed by atoms with Crippen LogP contribution in [0.5, 0.6) is 0 Å². The lowest BCUT2D eigenvalue weighted by molar-refractivity contribution is -0.121. The van der Waals surface area contributed by atoms with Crippen molar-refractivity contribution < 1.29 is 9.53 Å². The van der Waals surface area contributed by atoms with Crippen molar-refractivity contribution in [2.75, 3.05) is 33.3 Å². The van der Waals surface area contributed by atoms with Crippen LogP contribution in [0.4, 0.5) is 0 Å². The summed E-state index contributed by atoms with van der Waals surface area (Å²) in [7, 11) is 1.66. The topological polar surface area (TPSA) is 67.6 Å². The predicted octanol–water partition coefficient (Wildman–Crippen LogP) is -0.0493. The summed E-state index contributed by atoms with van der Waals surface area (Å²) >= 11 is 0. The lowest BCUT2D eigenvalue weighted by Gasteiger charge is -2.30. The molecule has 0 aromatic heterocycles. The average Bonchev–Trinajstić information content (AvgIpc) is 2.60. The number of carbonyl (C=O) groups is 1. The van der Waals surface area contributed by atoms with Crippen molar-refractivity contribution >= 4 is 5.91 Å². The number of ether oxygens (including phenoxy) is 1. The summed E-state index contributed by atoms with van der Waals surface area (Å²) in [4.78, 5) is 13.7. The summed E-state index contributed by atoms with van der Waals surface area (Å²) in [6, 6.07) is 0.130. The fourth-order valence-electron chi connectivity index (χ4n) is 2.18. The van der Waals surface area contributed by atoms with Gasteiger partial charge in [0.05, 0.1) is 6.10 Å². The molecule has 1 saturated heterocycles. The number of nitrogens with two attached hydrogens (primary N) is 1. The number of hydrogen-bond donors (Lipinski definition) is 2. The van der Waals surface area contributed by atoms with Gasteiger partial charge in [-0.3, -0.25) is 9.69 Å². The molecule has 1 aliphatic rings. The molecule has 0 aromatic rings. The summed E-state index contributed by atoms with van der Waals surface area (Å²) in [6.45, 7) is 5.31. The Morgan fingerprint density at radius 1 is 1.65 bits per heavy atom. The molecule has 17 heavy (non-hydrogen) atoms. The number of amides is 1. The monoisotopic (exact) mass is 243 g/mol. The van der Waals surface area contributed by atoms with Crippen LogP contribution in [0.3, 0.4) is 0 Å². The molecule has 0 aliphatic carbocycles. The van der Waals surface area contributed by atoms with Crippen LogP contribution in [-0.2, 0) is 9.53 Å². The largest absolute Gasteiger partial charge is 0.377 e. The Morgan fingerprint density at radius 2 is 2.41 bits per heavy atom. The van der Waals surface area contributed by atoms with Gasteiger partial charge in [0.15, 0.2) is 0 Å². The van der Waals surface area contributed by atoms with Gasteiger partial charge in [0.1, 0.15) is 0 Å². The minimum absolute atomic E-state index is 0.0543. The summed E-state index contributed by atoms with van der Waals surface area (Å²) in [6.07, 6.45) is 2.77. The Hall–Kier alpha value is -0.650. The SMILES string of the molecule is CCC1CN(C(CN)CC(=O)NC)CCCO1. The van der Waals surface area contributed by atoms with E-state index in [1.807, 2.05) is 0 Å². The molecule has 5 heteroatoms. The molecule has 3 N–H and O–H groups in total. The zero-order chi connectivity index (χ0) is 12.7. The number of rotatable bonds is 5. The third-order valence-electron chi connectivity index (χ3n) is 3.33. The highest BCUT2D eigenvalue weighted by molar-refractivity contribution is 5.76. The Morgan fingerprint density at radius 3 is 3.00 bits per heavy atom. The van der Waals surface area contributed by atoms with Crippen molar-refractivity contribution in [1.82, 2.24) is 10.2 Å². The maximum absolute atomic E-state index is 11.4. The van der Waals surface area contributed by atoms with Crippen LogP contribution in [0.1, 0.15) is 26.2 Å². The van der Waals surface area contributed by atoms with E-state index in [9.17, 15) is 4.79 Å². The lowest BCUT2D eigenvalue weighted by Crippen LogP contribution is -2.46. The zero-order valence-electron chi connectivity index (χ0n) is 10.9. The van der Waals surface area contributed by atoms with Gasteiger partial charge in [-0.25, -0.2) is 0 Å². The molecule has 1 rings (SSSR count). The van der Waals surface area contributed by atoms with Crippen LogP contribution < -0.4 is 11.1 Å². The van der Waals surface area contributed by atoms with Crippen LogP contribution in [-0.4, -0.2) is 56.2 Å². The molecule has 5 nitrogen and oxygen atoms in total. The van der Waals surface area contributed by atoms with E-state index in [-0.39, 0.29) is 18.1 Å². The number of carbonyl (C=O) groups excluding carboxylic acids is 1. The molecule has 1 aliphatic heterocycles. The van der Waals surface area contributed by atoms with Gasteiger partial charge in [0.2, 0.25) is 5.91 Å². The summed E-state index contributed by atoms with van der Waals surface area (Å²) < 4.78 is 5.73. The smallest absolute Gasteiger partial charge is 0.221 e. The molecular formula is C12H25N3O2. The quantitative estimate of drug-likeness (QED) is 0.710. The number of nitrogens with one attached hydrogen (secondary N) is 1. The molecule has 0 saturated carbocycles. The molecular weight excluding hydrogens is 218 g/mol. The highest BCUT2D eigenvalue weighted by Crippen LogP contribution is 2.13. The Kier molecular flexibility index (Phi) is 6.47. The Bertz CT molecular complexity index is 236. The molecule has 0 aromatic carbocycles. The van der Waals surface area contributed by atoms with E-state index < -0.39 is 0 Å². The normalized spacial score (nSPS) is 24.1. The van der Waals surface area contributed by atoms with E-state index in [1.54, 1.807) is 7.05 Å². The van der Waals surface area contributed by atoms with Crippen LogP contribution in [0.25, 0.3) is 0 Å². The second kappa shape index (κ2) is 7.63. The van der Waals surface area contributed by atoms with Crippen molar-refractivity contribution in [2.24, 2.45) is 5.73 Å². The third kappa shape index (κ3) is 4.61. The summed E-state index contributed by atoms with van der Waals surface area (Å²) in [5.74, 6) is 0.0543. The van der Waals surface area contributed by atoms with Crippen LogP contribution >= 0.6 is 0 Å². The first-order valence-electron chi connectivity index (χ1n) is 6.47. The minimum Gasteiger partial charge on any atom is -0.377 e. The molecule has 2 unspecified atom stereocenters. The lowest BCUT2D eigenvalue weighted by atomic mass is 10.1. The van der Waals surface area contributed by atoms with E-state index >= 15 is 0 Å². The van der Waals surface area contributed by atoms with Gasteiger partial charge in [0, 0.05) is 45.8 Å². The van der Waals surface area contributed by atoms with Crippen LogP contribution in [0.15, 0.2) is 0 Å². The van der Waals surface area contributed by atoms with Crippen LogP contribution in [0.2, 0.25) is 0 Å². The predicted molar refractivity (Wildman–Crippen MR) is 67.7 cm³/mol. The Labute approximate surface area is 104 Å². The van der Waals surface area contributed by atoms with Crippen molar-refractivity contribution in [1.29, 1.82) is 0 Å². The molecule has 100 valence electrons.